The molecule has 0 aromatic heterocycles. The molecule has 0 heterocycles. The van der Waals surface area contributed by atoms with E-state index in [1.807, 2.05) is 13.8 Å². The predicted octanol–water partition coefficient (Wildman–Crippen LogP) is 1.78. The van der Waals surface area contributed by atoms with Gasteiger partial charge in [0.05, 0.1) is 0 Å². The summed E-state index contributed by atoms with van der Waals surface area (Å²) < 4.78 is 5.23. The van der Waals surface area contributed by atoms with Crippen LogP contribution in [-0.2, 0) is 9.53 Å². The van der Waals surface area contributed by atoms with Crippen LogP contribution in [0, 0.1) is 12.3 Å². The summed E-state index contributed by atoms with van der Waals surface area (Å²) >= 11 is 0. The van der Waals surface area contributed by atoms with E-state index in [0.717, 1.165) is 6.42 Å². The first-order chi connectivity index (χ1) is 5.76. The quantitative estimate of drug-likeness (QED) is 0.565. The first-order valence-electron chi connectivity index (χ1n) is 4.34. The normalized spacial score (nSPS) is 12.1. The minimum atomic E-state index is -0.247. The van der Waals surface area contributed by atoms with E-state index in [2.05, 4.69) is 5.92 Å². The van der Waals surface area contributed by atoms with Gasteiger partial charge in [0.15, 0.2) is 5.78 Å². The Kier molecular flexibility index (Phi) is 6.41. The van der Waals surface area contributed by atoms with Crippen LogP contribution in [0.15, 0.2) is 0 Å². The maximum atomic E-state index is 11.3. The Bertz CT molecular complexity index is 167. The van der Waals surface area contributed by atoms with Crippen molar-refractivity contribution < 1.29 is 9.53 Å². The molecule has 0 aromatic carbocycles. The Morgan fingerprint density at radius 2 is 2.25 bits per heavy atom. The largest absolute Gasteiger partial charge is 0.371 e. The number of hydrogen-bond donors (Lipinski definition) is 0. The van der Waals surface area contributed by atoms with E-state index >= 15 is 0 Å². The molecule has 0 fully saturated rings. The lowest BCUT2D eigenvalue weighted by Crippen LogP contribution is -2.23. The summed E-state index contributed by atoms with van der Waals surface area (Å²) in [6, 6.07) is 0. The number of carbonyl (C=O) groups is 1. The van der Waals surface area contributed by atoms with Crippen molar-refractivity contribution in [2.75, 3.05) is 6.61 Å². The zero-order chi connectivity index (χ0) is 9.40. The molecule has 0 aliphatic carbocycles. The Hall–Kier alpha value is -0.810. The van der Waals surface area contributed by atoms with Crippen molar-refractivity contribution in [1.29, 1.82) is 0 Å². The second-order valence-electron chi connectivity index (χ2n) is 2.52. The Morgan fingerprint density at radius 3 is 2.67 bits per heavy atom. The molecule has 0 aliphatic rings. The minimum absolute atomic E-state index is 0.123. The molecule has 0 spiro atoms. The van der Waals surface area contributed by atoms with Crippen LogP contribution >= 0.6 is 0 Å². The second kappa shape index (κ2) is 6.87. The average molecular weight is 168 g/mol. The van der Waals surface area contributed by atoms with Gasteiger partial charge in [-0.3, -0.25) is 4.79 Å². The molecule has 12 heavy (non-hydrogen) atoms. The fourth-order valence-electron chi connectivity index (χ4n) is 0.996. The van der Waals surface area contributed by atoms with Gasteiger partial charge in [-0.05, 0) is 13.3 Å². The molecule has 0 amide bonds. The fourth-order valence-corrected chi connectivity index (χ4v) is 0.996. The van der Waals surface area contributed by atoms with Crippen molar-refractivity contribution in [3.63, 3.8) is 0 Å². The van der Waals surface area contributed by atoms with E-state index in [4.69, 9.17) is 11.2 Å². The van der Waals surface area contributed by atoms with Gasteiger partial charge in [-0.2, -0.15) is 0 Å². The van der Waals surface area contributed by atoms with Crippen LogP contribution in [0.25, 0.3) is 0 Å². The van der Waals surface area contributed by atoms with E-state index in [1.165, 1.54) is 0 Å². The molecule has 68 valence electrons. The highest BCUT2D eigenvalue weighted by Crippen LogP contribution is 2.03. The molecule has 0 N–H and O–H groups in total. The molecule has 0 radical (unpaired) electrons. The number of carbonyl (C=O) groups excluding carboxylic acids is 1. The molecule has 0 rings (SSSR count). The highest BCUT2D eigenvalue weighted by Gasteiger charge is 2.14. The summed E-state index contributed by atoms with van der Waals surface area (Å²) in [5, 5.41) is 0. The summed E-state index contributed by atoms with van der Waals surface area (Å²) in [5.74, 6) is 2.57. The van der Waals surface area contributed by atoms with E-state index < -0.39 is 0 Å². The van der Waals surface area contributed by atoms with Gasteiger partial charge in [-0.25, -0.2) is 0 Å². The van der Waals surface area contributed by atoms with Crippen molar-refractivity contribution in [1.82, 2.24) is 0 Å². The van der Waals surface area contributed by atoms with Crippen LogP contribution in [-0.4, -0.2) is 18.5 Å². The van der Waals surface area contributed by atoms with Gasteiger partial charge in [0.1, 0.15) is 6.10 Å². The van der Waals surface area contributed by atoms with Crippen molar-refractivity contribution in [2.45, 2.75) is 39.2 Å². The van der Waals surface area contributed by atoms with E-state index in [0.29, 0.717) is 19.4 Å². The Labute approximate surface area is 74.3 Å². The summed E-state index contributed by atoms with van der Waals surface area (Å²) in [4.78, 5) is 11.3. The van der Waals surface area contributed by atoms with Crippen LogP contribution in [0.2, 0.25) is 0 Å². The number of ketones is 1. The van der Waals surface area contributed by atoms with Crippen LogP contribution in [0.4, 0.5) is 0 Å². The van der Waals surface area contributed by atoms with Crippen molar-refractivity contribution in [3.05, 3.63) is 0 Å². The van der Waals surface area contributed by atoms with Gasteiger partial charge in [0.2, 0.25) is 0 Å². The minimum Gasteiger partial charge on any atom is -0.371 e. The van der Waals surface area contributed by atoms with Crippen LogP contribution in [0.1, 0.15) is 33.1 Å². The topological polar surface area (TPSA) is 26.3 Å². The van der Waals surface area contributed by atoms with Gasteiger partial charge in [-0.15, -0.1) is 12.3 Å². The van der Waals surface area contributed by atoms with Gasteiger partial charge in [0, 0.05) is 19.4 Å². The van der Waals surface area contributed by atoms with Gasteiger partial charge in [0.25, 0.3) is 0 Å². The second-order valence-corrected chi connectivity index (χ2v) is 2.52. The van der Waals surface area contributed by atoms with Crippen molar-refractivity contribution in [2.24, 2.45) is 0 Å². The molecular formula is C10H16O2. The maximum Gasteiger partial charge on any atom is 0.162 e. The molecule has 1 unspecified atom stereocenters. The first kappa shape index (κ1) is 11.2. The molecule has 2 heteroatoms. The van der Waals surface area contributed by atoms with E-state index in [1.54, 1.807) is 0 Å². The highest BCUT2D eigenvalue weighted by molar-refractivity contribution is 5.83. The summed E-state index contributed by atoms with van der Waals surface area (Å²) in [5.41, 5.74) is 0. The molecule has 0 aromatic rings. The molecule has 0 bridgehead atoms. The van der Waals surface area contributed by atoms with Gasteiger partial charge < -0.3 is 4.74 Å². The third-order valence-electron chi connectivity index (χ3n) is 1.61. The number of terminal acetylenes is 1. The van der Waals surface area contributed by atoms with Crippen LogP contribution in [0.3, 0.4) is 0 Å². The Balaban J connectivity index is 3.78. The fraction of sp³-hybridized carbons (Fsp3) is 0.700. The zero-order valence-electron chi connectivity index (χ0n) is 7.80. The molecular weight excluding hydrogens is 152 g/mol. The lowest BCUT2D eigenvalue weighted by atomic mass is 10.1. The van der Waals surface area contributed by atoms with Crippen molar-refractivity contribution in [3.8, 4) is 12.3 Å². The SMILES string of the molecule is C#CCCC(=O)C(CC)OCC. The van der Waals surface area contributed by atoms with E-state index in [9.17, 15) is 4.79 Å². The lowest BCUT2D eigenvalue weighted by Gasteiger charge is -2.12. The highest BCUT2D eigenvalue weighted by atomic mass is 16.5. The monoisotopic (exact) mass is 168 g/mol. The number of ether oxygens (including phenoxy) is 1. The van der Waals surface area contributed by atoms with Gasteiger partial charge in [-0.1, -0.05) is 6.92 Å². The zero-order valence-corrected chi connectivity index (χ0v) is 7.80. The summed E-state index contributed by atoms with van der Waals surface area (Å²) in [6.45, 7) is 4.41. The van der Waals surface area contributed by atoms with Crippen molar-refractivity contribution >= 4 is 5.78 Å². The number of hydrogen-bond acceptors (Lipinski definition) is 2. The molecule has 0 saturated carbocycles. The first-order valence-corrected chi connectivity index (χ1v) is 4.34. The third kappa shape index (κ3) is 4.15. The lowest BCUT2D eigenvalue weighted by molar-refractivity contribution is -0.130. The predicted molar refractivity (Wildman–Crippen MR) is 48.8 cm³/mol. The smallest absolute Gasteiger partial charge is 0.162 e. The molecule has 1 atom stereocenters. The molecule has 0 aliphatic heterocycles. The van der Waals surface area contributed by atoms with Gasteiger partial charge >= 0.3 is 0 Å². The van der Waals surface area contributed by atoms with E-state index in [-0.39, 0.29) is 11.9 Å². The maximum absolute atomic E-state index is 11.3. The third-order valence-corrected chi connectivity index (χ3v) is 1.61. The Morgan fingerprint density at radius 1 is 1.58 bits per heavy atom. The molecule has 2 nitrogen and oxygen atoms in total. The summed E-state index contributed by atoms with van der Waals surface area (Å²) in [6.07, 6.45) is 6.49. The van der Waals surface area contributed by atoms with Crippen LogP contribution in [0.5, 0.6) is 0 Å². The summed E-state index contributed by atoms with van der Waals surface area (Å²) in [7, 11) is 0. The average Bonchev–Trinajstić information content (AvgIpc) is 2.10. The van der Waals surface area contributed by atoms with Crippen LogP contribution < -0.4 is 0 Å². The standard InChI is InChI=1S/C10H16O2/c1-4-7-8-9(11)10(5-2)12-6-3/h1,10H,5-8H2,2-3H3. The number of Topliss-reactive ketones (excluding diaryl/α,β-unsaturated/α-hetero) is 1. The number of rotatable bonds is 6. The molecule has 0 saturated heterocycles.